The molecule has 1 rings (SSSR count). The van der Waals surface area contributed by atoms with E-state index in [1.807, 2.05) is 0 Å². The van der Waals surface area contributed by atoms with Crippen LogP contribution in [0.2, 0.25) is 0 Å². The Bertz CT molecular complexity index is 145. The maximum atomic E-state index is 10.7. The third-order valence-corrected chi connectivity index (χ3v) is 1.83. The van der Waals surface area contributed by atoms with Gasteiger partial charge in [0.2, 0.25) is 0 Å². The summed E-state index contributed by atoms with van der Waals surface area (Å²) in [5.74, 6) is -1.04. The van der Waals surface area contributed by atoms with E-state index in [9.17, 15) is 4.79 Å². The minimum absolute atomic E-state index is 0.177. The number of rotatable bonds is 1. The molecule has 1 saturated carbocycles. The summed E-state index contributed by atoms with van der Waals surface area (Å²) in [6.07, 6.45) is -2.07. The van der Waals surface area contributed by atoms with Crippen molar-refractivity contribution in [2.24, 2.45) is 5.92 Å². The number of carbonyl (C=O) groups excluding carboxylic acids is 1. The largest absolute Gasteiger partial charge is 0.396 e. The van der Waals surface area contributed by atoms with Gasteiger partial charge < -0.3 is 15.3 Å². The van der Waals surface area contributed by atoms with Crippen LogP contribution >= 0.6 is 0 Å². The Kier molecular flexibility index (Phi) is 2.03. The summed E-state index contributed by atoms with van der Waals surface area (Å²) in [4.78, 5) is 10.7. The number of Topliss-reactive ketones (excluding diaryl/α,β-unsaturated/α-hetero) is 1. The van der Waals surface area contributed by atoms with Crippen molar-refractivity contribution >= 4 is 5.78 Å². The van der Waals surface area contributed by atoms with E-state index < -0.39 is 23.9 Å². The second-order valence-corrected chi connectivity index (χ2v) is 2.54. The van der Waals surface area contributed by atoms with E-state index in [1.54, 1.807) is 0 Å². The summed E-state index contributed by atoms with van der Waals surface area (Å²) < 4.78 is 0. The molecule has 0 aromatic heterocycles. The third kappa shape index (κ3) is 1.05. The smallest absolute Gasteiger partial charge is 0.189 e. The summed E-state index contributed by atoms with van der Waals surface area (Å²) in [5, 5.41) is 26.4. The van der Waals surface area contributed by atoms with Crippen LogP contribution in [-0.4, -0.2) is 39.9 Å². The molecule has 1 aliphatic carbocycles. The summed E-state index contributed by atoms with van der Waals surface area (Å²) in [5.41, 5.74) is 0. The molecular formula is C6H10O4. The van der Waals surface area contributed by atoms with Gasteiger partial charge in [-0.25, -0.2) is 0 Å². The van der Waals surface area contributed by atoms with E-state index in [0.717, 1.165) is 0 Å². The van der Waals surface area contributed by atoms with Gasteiger partial charge in [0.25, 0.3) is 0 Å². The molecule has 58 valence electrons. The van der Waals surface area contributed by atoms with Crippen molar-refractivity contribution in [3.63, 3.8) is 0 Å². The Balaban J connectivity index is 2.61. The first-order valence-corrected chi connectivity index (χ1v) is 3.17. The first-order valence-electron chi connectivity index (χ1n) is 3.17. The molecule has 0 aliphatic heterocycles. The summed E-state index contributed by atoms with van der Waals surface area (Å²) in [6, 6.07) is 0. The molecule has 0 radical (unpaired) electrons. The lowest BCUT2D eigenvalue weighted by Crippen LogP contribution is -2.25. The molecule has 4 nitrogen and oxygen atoms in total. The van der Waals surface area contributed by atoms with Gasteiger partial charge in [0.15, 0.2) is 5.78 Å². The highest BCUT2D eigenvalue weighted by atomic mass is 16.3. The number of ketones is 1. The molecule has 10 heavy (non-hydrogen) atoms. The van der Waals surface area contributed by atoms with E-state index in [2.05, 4.69) is 0 Å². The molecule has 0 saturated heterocycles. The molecular weight excluding hydrogens is 136 g/mol. The lowest BCUT2D eigenvalue weighted by Gasteiger charge is -2.06. The van der Waals surface area contributed by atoms with Gasteiger partial charge in [-0.2, -0.15) is 0 Å². The fraction of sp³-hybridized carbons (Fsp3) is 0.833. The van der Waals surface area contributed by atoms with Crippen molar-refractivity contribution in [1.29, 1.82) is 0 Å². The van der Waals surface area contributed by atoms with Crippen molar-refractivity contribution in [1.82, 2.24) is 0 Å². The maximum absolute atomic E-state index is 10.7. The predicted octanol–water partition coefficient (Wildman–Crippen LogP) is -1.71. The fourth-order valence-electron chi connectivity index (χ4n) is 1.14. The highest BCUT2D eigenvalue weighted by Crippen LogP contribution is 2.22. The molecule has 1 fully saturated rings. The Morgan fingerprint density at radius 3 is 2.30 bits per heavy atom. The quantitative estimate of drug-likeness (QED) is 0.411. The molecule has 0 heterocycles. The van der Waals surface area contributed by atoms with Gasteiger partial charge >= 0.3 is 0 Å². The normalized spacial score (nSPS) is 40.7. The monoisotopic (exact) mass is 146 g/mol. The number of hydrogen-bond donors (Lipinski definition) is 3. The number of carbonyl (C=O) groups is 1. The molecule has 4 heteroatoms. The van der Waals surface area contributed by atoms with Gasteiger partial charge in [-0.15, -0.1) is 0 Å². The zero-order valence-corrected chi connectivity index (χ0v) is 5.40. The van der Waals surface area contributed by atoms with Gasteiger partial charge in [0.1, 0.15) is 12.2 Å². The average molecular weight is 146 g/mol. The minimum Gasteiger partial charge on any atom is -0.396 e. The van der Waals surface area contributed by atoms with Crippen LogP contribution in [0.3, 0.4) is 0 Å². The fourth-order valence-corrected chi connectivity index (χ4v) is 1.14. The lowest BCUT2D eigenvalue weighted by atomic mass is 10.1. The molecule has 0 aromatic carbocycles. The first kappa shape index (κ1) is 7.65. The highest BCUT2D eigenvalue weighted by molar-refractivity contribution is 5.89. The maximum Gasteiger partial charge on any atom is 0.189 e. The minimum atomic E-state index is -1.17. The van der Waals surface area contributed by atoms with Crippen LogP contribution in [0.5, 0.6) is 0 Å². The molecule has 3 atom stereocenters. The summed E-state index contributed by atoms with van der Waals surface area (Å²) in [7, 11) is 0. The van der Waals surface area contributed by atoms with Crippen LogP contribution in [0.1, 0.15) is 6.42 Å². The lowest BCUT2D eigenvalue weighted by molar-refractivity contribution is -0.131. The van der Waals surface area contributed by atoms with Crippen molar-refractivity contribution in [3.8, 4) is 0 Å². The van der Waals surface area contributed by atoms with Crippen LogP contribution in [0, 0.1) is 5.92 Å². The average Bonchev–Trinajstić information content (AvgIpc) is 2.17. The van der Waals surface area contributed by atoms with Gasteiger partial charge in [0.05, 0.1) is 0 Å². The Morgan fingerprint density at radius 1 is 1.50 bits per heavy atom. The molecule has 0 spiro atoms. The van der Waals surface area contributed by atoms with E-state index >= 15 is 0 Å². The highest BCUT2D eigenvalue weighted by Gasteiger charge is 2.39. The molecule has 3 N–H and O–H groups in total. The van der Waals surface area contributed by atoms with Crippen molar-refractivity contribution in [2.45, 2.75) is 18.6 Å². The van der Waals surface area contributed by atoms with Gasteiger partial charge in [-0.05, 0) is 6.42 Å². The first-order chi connectivity index (χ1) is 4.66. The zero-order chi connectivity index (χ0) is 7.72. The standard InChI is InChI=1S/C6H10O4/c7-2-3-1-4(8)6(10)5(3)9/h3-5,7-9H,1-2H2. The number of aliphatic hydroxyl groups is 3. The Labute approximate surface area is 58.1 Å². The van der Waals surface area contributed by atoms with Crippen LogP contribution in [0.15, 0.2) is 0 Å². The van der Waals surface area contributed by atoms with Gasteiger partial charge in [-0.1, -0.05) is 0 Å². The second-order valence-electron chi connectivity index (χ2n) is 2.54. The Hall–Kier alpha value is -0.450. The molecule has 1 aliphatic rings. The third-order valence-electron chi connectivity index (χ3n) is 1.83. The van der Waals surface area contributed by atoms with Gasteiger partial charge in [-0.3, -0.25) is 4.79 Å². The summed E-state index contributed by atoms with van der Waals surface area (Å²) in [6.45, 7) is -0.246. The molecule has 0 aromatic rings. The number of hydrogen-bond acceptors (Lipinski definition) is 4. The van der Waals surface area contributed by atoms with Crippen LogP contribution in [0.25, 0.3) is 0 Å². The SMILES string of the molecule is O=C1C(O)CC(CO)C1O. The topological polar surface area (TPSA) is 77.8 Å². The van der Waals surface area contributed by atoms with E-state index in [4.69, 9.17) is 15.3 Å². The van der Waals surface area contributed by atoms with Crippen LogP contribution in [0.4, 0.5) is 0 Å². The zero-order valence-electron chi connectivity index (χ0n) is 5.40. The molecule has 0 amide bonds. The van der Waals surface area contributed by atoms with E-state index in [0.29, 0.717) is 0 Å². The van der Waals surface area contributed by atoms with Crippen LogP contribution in [-0.2, 0) is 4.79 Å². The predicted molar refractivity (Wildman–Crippen MR) is 32.2 cm³/mol. The van der Waals surface area contributed by atoms with Crippen LogP contribution < -0.4 is 0 Å². The van der Waals surface area contributed by atoms with Crippen molar-refractivity contribution < 1.29 is 20.1 Å². The second kappa shape index (κ2) is 2.65. The number of aliphatic hydroxyl groups excluding tert-OH is 3. The molecule has 0 bridgehead atoms. The summed E-state index contributed by atoms with van der Waals surface area (Å²) >= 11 is 0. The van der Waals surface area contributed by atoms with Crippen molar-refractivity contribution in [3.05, 3.63) is 0 Å². The van der Waals surface area contributed by atoms with Crippen molar-refractivity contribution in [2.75, 3.05) is 6.61 Å². The molecule has 3 unspecified atom stereocenters. The van der Waals surface area contributed by atoms with E-state index in [1.165, 1.54) is 0 Å². The van der Waals surface area contributed by atoms with E-state index in [-0.39, 0.29) is 13.0 Å². The Morgan fingerprint density at radius 2 is 2.10 bits per heavy atom. The van der Waals surface area contributed by atoms with Gasteiger partial charge in [0, 0.05) is 12.5 Å².